The molecule has 0 spiro atoms. The lowest BCUT2D eigenvalue weighted by molar-refractivity contribution is 0.108. The maximum Gasteiger partial charge on any atom is 0.252 e. The van der Waals surface area contributed by atoms with Crippen LogP contribution in [0.2, 0.25) is 0 Å². The van der Waals surface area contributed by atoms with Gasteiger partial charge in [0.25, 0.3) is 5.24 Å². The molecule has 0 fully saturated rings. The minimum atomic E-state index is -3.69. The third-order valence-corrected chi connectivity index (χ3v) is 7.21. The van der Waals surface area contributed by atoms with E-state index >= 15 is 0 Å². The molecule has 1 aromatic carbocycles. The summed E-state index contributed by atoms with van der Waals surface area (Å²) >= 11 is 14.0. The van der Waals surface area contributed by atoms with Crippen LogP contribution in [-0.4, -0.2) is 15.1 Å². The Morgan fingerprint density at radius 3 is 2.25 bits per heavy atom. The lowest BCUT2D eigenvalue weighted by Gasteiger charge is -2.13. The van der Waals surface area contributed by atoms with Crippen molar-refractivity contribution in [3.63, 3.8) is 0 Å². The van der Waals surface area contributed by atoms with Crippen LogP contribution in [0, 0.1) is 0 Å². The first-order chi connectivity index (χ1) is 7.16. The summed E-state index contributed by atoms with van der Waals surface area (Å²) in [5, 5.41) is -0.707. The van der Waals surface area contributed by atoms with Crippen LogP contribution < -0.4 is 0 Å². The molecule has 0 aliphatic heterocycles. The van der Waals surface area contributed by atoms with E-state index in [-0.39, 0.29) is 10.5 Å². The van der Waals surface area contributed by atoms with Crippen molar-refractivity contribution in [2.24, 2.45) is 0 Å². The van der Waals surface area contributed by atoms with E-state index in [4.69, 9.17) is 11.6 Å². The van der Waals surface area contributed by atoms with Crippen LogP contribution in [0.1, 0.15) is 10.4 Å². The van der Waals surface area contributed by atoms with E-state index < -0.39 is 16.6 Å². The zero-order valence-electron chi connectivity index (χ0n) is 7.45. The van der Waals surface area contributed by atoms with Gasteiger partial charge in [-0.2, -0.15) is 0 Å². The molecule has 0 radical (unpaired) electrons. The number of halogens is 4. The molecule has 8 heteroatoms. The van der Waals surface area contributed by atoms with Gasteiger partial charge in [0.05, 0.1) is 4.90 Å². The molecule has 3 nitrogen and oxygen atoms in total. The van der Waals surface area contributed by atoms with E-state index in [0.29, 0.717) is 0 Å². The molecule has 1 rings (SSSR count). The molecule has 1 aromatic rings. The van der Waals surface area contributed by atoms with Gasteiger partial charge < -0.3 is 0 Å². The van der Waals surface area contributed by atoms with Crippen molar-refractivity contribution in [3.05, 3.63) is 29.8 Å². The van der Waals surface area contributed by atoms with E-state index in [0.717, 1.165) is 0 Å². The average molecular weight is 455 g/mol. The summed E-state index contributed by atoms with van der Waals surface area (Å²) in [5.41, 5.74) is 0.125. The monoisotopic (exact) mass is 452 g/mol. The molecule has 0 N–H and O–H groups in total. The highest BCUT2D eigenvalue weighted by Gasteiger charge is 2.37. The largest absolute Gasteiger partial charge is 0.276 e. The number of carbonyl (C=O) groups is 1. The van der Waals surface area contributed by atoms with Gasteiger partial charge in [-0.05, 0) is 71.5 Å². The number of hydrogen-bond acceptors (Lipinski definition) is 3. The smallest absolute Gasteiger partial charge is 0.252 e. The number of sulfone groups is 1. The van der Waals surface area contributed by atoms with Crippen molar-refractivity contribution in [3.8, 4) is 0 Å². The molecule has 0 saturated heterocycles. The molecule has 0 unspecified atom stereocenters. The molecule has 0 amide bonds. The first kappa shape index (κ1) is 14.6. The van der Waals surface area contributed by atoms with E-state index in [9.17, 15) is 13.2 Å². The number of alkyl halides is 3. The van der Waals surface area contributed by atoms with E-state index in [2.05, 4.69) is 47.8 Å². The highest BCUT2D eigenvalue weighted by atomic mass is 80.0. The van der Waals surface area contributed by atoms with Crippen molar-refractivity contribution in [2.75, 3.05) is 0 Å². The molecule has 0 aliphatic carbocycles. The standard InChI is InChI=1S/C8H4Br3ClO3S/c9-8(10,11)16(14,15)6-3-1-2-5(4-6)7(12)13/h1-4H. The minimum absolute atomic E-state index is 0.0235. The van der Waals surface area contributed by atoms with Crippen molar-refractivity contribution < 1.29 is 13.2 Å². The summed E-state index contributed by atoms with van der Waals surface area (Å²) in [5.74, 6) is 0. The molecular weight excluding hydrogens is 451 g/mol. The molecule has 16 heavy (non-hydrogen) atoms. The topological polar surface area (TPSA) is 51.2 Å². The van der Waals surface area contributed by atoms with Gasteiger partial charge in [0.1, 0.15) is 0 Å². The van der Waals surface area contributed by atoms with Crippen molar-refractivity contribution in [1.82, 2.24) is 0 Å². The maximum atomic E-state index is 11.9. The highest BCUT2D eigenvalue weighted by Crippen LogP contribution is 2.43. The Balaban J connectivity index is 3.36. The summed E-state index contributed by atoms with van der Waals surface area (Å²) < 4.78 is 22.4. The SMILES string of the molecule is O=C(Cl)c1cccc(S(=O)(=O)C(Br)(Br)Br)c1. The third kappa shape index (κ3) is 3.07. The Bertz CT molecular complexity index is 522. The predicted molar refractivity (Wildman–Crippen MR) is 73.3 cm³/mol. The first-order valence-corrected chi connectivity index (χ1v) is 8.01. The lowest BCUT2D eigenvalue weighted by Crippen LogP contribution is -2.18. The summed E-state index contributed by atoms with van der Waals surface area (Å²) in [6, 6.07) is 5.47. The second kappa shape index (κ2) is 5.06. The molecule has 0 bridgehead atoms. The van der Waals surface area contributed by atoms with Gasteiger partial charge in [0.15, 0.2) is 0 Å². The van der Waals surface area contributed by atoms with Crippen LogP contribution in [0.4, 0.5) is 0 Å². The Kier molecular flexibility index (Phi) is 4.62. The van der Waals surface area contributed by atoms with Gasteiger partial charge in [0, 0.05) is 5.56 Å². The van der Waals surface area contributed by atoms with Gasteiger partial charge in [0.2, 0.25) is 11.3 Å². The lowest BCUT2D eigenvalue weighted by atomic mass is 10.2. The molecule has 0 aliphatic rings. The Hall–Kier alpha value is 0.570. The highest BCUT2D eigenvalue weighted by molar-refractivity contribution is 9.42. The van der Waals surface area contributed by atoms with Gasteiger partial charge in [-0.1, -0.05) is 12.1 Å². The zero-order valence-corrected chi connectivity index (χ0v) is 13.8. The van der Waals surface area contributed by atoms with Crippen LogP contribution in [0.3, 0.4) is 0 Å². The fraction of sp³-hybridized carbons (Fsp3) is 0.125. The molecule has 88 valence electrons. The predicted octanol–water partition coefficient (Wildman–Crippen LogP) is 3.64. The first-order valence-electron chi connectivity index (χ1n) is 3.77. The quantitative estimate of drug-likeness (QED) is 0.506. The van der Waals surface area contributed by atoms with Crippen molar-refractivity contribution in [2.45, 2.75) is 6.37 Å². The zero-order chi connectivity index (χ0) is 12.6. The fourth-order valence-corrected chi connectivity index (χ4v) is 3.53. The normalized spacial score (nSPS) is 12.5. The van der Waals surface area contributed by atoms with E-state index in [1.54, 1.807) is 0 Å². The third-order valence-electron chi connectivity index (χ3n) is 1.68. The Morgan fingerprint density at radius 1 is 1.25 bits per heavy atom. The van der Waals surface area contributed by atoms with E-state index in [1.165, 1.54) is 24.3 Å². The number of benzene rings is 1. The minimum Gasteiger partial charge on any atom is -0.276 e. The van der Waals surface area contributed by atoms with Crippen LogP contribution in [-0.2, 0) is 9.84 Å². The average Bonchev–Trinajstić information content (AvgIpc) is 2.16. The Morgan fingerprint density at radius 2 is 1.81 bits per heavy atom. The van der Waals surface area contributed by atoms with Crippen LogP contribution >= 0.6 is 59.4 Å². The van der Waals surface area contributed by atoms with Gasteiger partial charge in [-0.15, -0.1) is 0 Å². The van der Waals surface area contributed by atoms with Crippen LogP contribution in [0.5, 0.6) is 0 Å². The van der Waals surface area contributed by atoms with Crippen molar-refractivity contribution in [1.29, 1.82) is 0 Å². The van der Waals surface area contributed by atoms with Crippen LogP contribution in [0.25, 0.3) is 0 Å². The number of hydrogen-bond donors (Lipinski definition) is 0. The summed E-state index contributed by atoms with van der Waals surface area (Å²) in [7, 11) is -3.69. The Labute approximate surface area is 123 Å². The second-order valence-electron chi connectivity index (χ2n) is 2.75. The van der Waals surface area contributed by atoms with Crippen LogP contribution in [0.15, 0.2) is 29.2 Å². The molecule has 0 atom stereocenters. The second-order valence-corrected chi connectivity index (χ2v) is 13.5. The van der Waals surface area contributed by atoms with Gasteiger partial charge >= 0.3 is 0 Å². The van der Waals surface area contributed by atoms with Gasteiger partial charge in [-0.25, -0.2) is 8.42 Å². The number of carbonyl (C=O) groups excluding carboxylic acids is 1. The van der Waals surface area contributed by atoms with Crippen molar-refractivity contribution >= 4 is 74.5 Å². The van der Waals surface area contributed by atoms with Gasteiger partial charge in [-0.3, -0.25) is 4.79 Å². The summed E-state index contributed by atoms with van der Waals surface area (Å²) in [6.07, 6.45) is 0. The summed E-state index contributed by atoms with van der Waals surface area (Å²) in [4.78, 5) is 10.9. The fourth-order valence-electron chi connectivity index (χ4n) is 0.919. The molecular formula is C8H4Br3ClO3S. The molecule has 0 aromatic heterocycles. The summed E-state index contributed by atoms with van der Waals surface area (Å²) in [6.45, 7) is 0. The van der Waals surface area contributed by atoms with E-state index in [1.807, 2.05) is 0 Å². The number of rotatable bonds is 2. The molecule has 0 heterocycles. The maximum absolute atomic E-state index is 11.9. The molecule has 0 saturated carbocycles.